The van der Waals surface area contributed by atoms with Crippen molar-refractivity contribution in [2.75, 3.05) is 0 Å². The summed E-state index contributed by atoms with van der Waals surface area (Å²) >= 11 is 2.26. The zero-order valence-corrected chi connectivity index (χ0v) is 15.1. The maximum atomic E-state index is 5.82. The molecule has 6 nitrogen and oxygen atoms in total. The summed E-state index contributed by atoms with van der Waals surface area (Å²) in [6.07, 6.45) is 0. The van der Waals surface area contributed by atoms with Crippen LogP contribution in [-0.2, 0) is 11.4 Å². The zero-order chi connectivity index (χ0) is 14.0. The maximum Gasteiger partial charge on any atom is 0.226 e. The summed E-state index contributed by atoms with van der Waals surface area (Å²) < 4.78 is 1.18. The fraction of sp³-hybridized carbons (Fsp3) is 0.333. The summed E-state index contributed by atoms with van der Waals surface area (Å²) in [4.78, 5) is 13.8. The molecular weight excluding hydrogens is 437 g/mol. The summed E-state index contributed by atoms with van der Waals surface area (Å²) in [6.45, 7) is 4.11. The summed E-state index contributed by atoms with van der Waals surface area (Å²) in [5.41, 5.74) is 11.8. The van der Waals surface area contributed by atoms with Crippen molar-refractivity contribution in [2.45, 2.75) is 26.1 Å². The lowest BCUT2D eigenvalue weighted by Crippen LogP contribution is -2.53. The van der Waals surface area contributed by atoms with E-state index in [1.165, 1.54) is 8.63 Å². The fourth-order valence-corrected chi connectivity index (χ4v) is 2.10. The highest BCUT2D eigenvalue weighted by atomic mass is 127. The first-order chi connectivity index (χ1) is 8.88. The van der Waals surface area contributed by atoms with Crippen LogP contribution in [0.2, 0.25) is 0 Å². The lowest BCUT2D eigenvalue weighted by molar-refractivity contribution is -0.166. The van der Waals surface area contributed by atoms with E-state index in [2.05, 4.69) is 32.6 Å². The number of benzene rings is 1. The van der Waals surface area contributed by atoms with Crippen molar-refractivity contribution in [1.82, 2.24) is 5.06 Å². The molecule has 0 saturated heterocycles. The third-order valence-corrected chi connectivity index (χ3v) is 3.32. The number of aliphatic imine (C=N–C) groups is 2. The van der Waals surface area contributed by atoms with Gasteiger partial charge in [-0.05, 0) is 54.1 Å². The van der Waals surface area contributed by atoms with Gasteiger partial charge >= 0.3 is 0 Å². The Labute approximate surface area is 142 Å². The molecular formula is C12H17BrIN5O. The maximum absolute atomic E-state index is 5.82. The molecule has 1 aliphatic heterocycles. The van der Waals surface area contributed by atoms with Gasteiger partial charge in [-0.25, -0.2) is 4.99 Å². The van der Waals surface area contributed by atoms with Crippen LogP contribution in [0.15, 0.2) is 34.3 Å². The second-order valence-corrected chi connectivity index (χ2v) is 5.87. The molecule has 0 saturated carbocycles. The second kappa shape index (κ2) is 6.72. The quantitative estimate of drug-likeness (QED) is 0.685. The summed E-state index contributed by atoms with van der Waals surface area (Å²) in [5.74, 6) is 0.375. The molecule has 0 amide bonds. The smallest absolute Gasteiger partial charge is 0.226 e. The summed E-state index contributed by atoms with van der Waals surface area (Å²) in [7, 11) is 0. The number of rotatable bonds is 3. The molecule has 0 atom stereocenters. The largest absolute Gasteiger partial charge is 0.368 e. The van der Waals surface area contributed by atoms with Crippen LogP contribution in [0.25, 0.3) is 0 Å². The normalized spacial score (nSPS) is 17.1. The van der Waals surface area contributed by atoms with Gasteiger partial charge in [0.15, 0.2) is 5.66 Å². The molecule has 8 heteroatoms. The molecule has 1 aromatic carbocycles. The predicted molar refractivity (Wildman–Crippen MR) is 93.4 cm³/mol. The van der Waals surface area contributed by atoms with E-state index in [9.17, 15) is 0 Å². The predicted octanol–water partition coefficient (Wildman–Crippen LogP) is 1.98. The first-order valence-corrected chi connectivity index (χ1v) is 6.83. The van der Waals surface area contributed by atoms with E-state index in [1.807, 2.05) is 38.1 Å². The first-order valence-electron chi connectivity index (χ1n) is 5.75. The Morgan fingerprint density at radius 3 is 2.40 bits per heavy atom. The van der Waals surface area contributed by atoms with E-state index in [0.29, 0.717) is 6.61 Å². The standard InChI is InChI=1S/C12H16IN5O.BrH/c1-12(2)17-10(14)16-11(15)18(12)19-7-8-3-5-9(13)6-4-8;/h3-6H,7H2,1-2H3,(H4,14,15,16,17);1H. The number of guanidine groups is 2. The van der Waals surface area contributed by atoms with Gasteiger partial charge < -0.3 is 11.5 Å². The van der Waals surface area contributed by atoms with Crippen LogP contribution in [0.3, 0.4) is 0 Å². The van der Waals surface area contributed by atoms with Crippen LogP contribution in [0, 0.1) is 3.57 Å². The number of halogens is 2. The van der Waals surface area contributed by atoms with Gasteiger partial charge in [0, 0.05) is 3.57 Å². The third-order valence-electron chi connectivity index (χ3n) is 2.60. The van der Waals surface area contributed by atoms with Crippen molar-refractivity contribution < 1.29 is 4.84 Å². The summed E-state index contributed by atoms with van der Waals surface area (Å²) in [6, 6.07) is 8.05. The fourth-order valence-electron chi connectivity index (χ4n) is 1.74. The topological polar surface area (TPSA) is 89.2 Å². The summed E-state index contributed by atoms with van der Waals surface area (Å²) in [5, 5.41) is 1.47. The van der Waals surface area contributed by atoms with E-state index in [4.69, 9.17) is 16.3 Å². The molecule has 0 bridgehead atoms. The molecule has 110 valence electrons. The first kappa shape index (κ1) is 17.2. The van der Waals surface area contributed by atoms with E-state index in [1.54, 1.807) is 0 Å². The van der Waals surface area contributed by atoms with Crippen molar-refractivity contribution in [1.29, 1.82) is 0 Å². The number of nitrogens with two attached hydrogens (primary N) is 2. The molecule has 4 N–H and O–H groups in total. The van der Waals surface area contributed by atoms with Crippen molar-refractivity contribution in [3.05, 3.63) is 33.4 Å². The van der Waals surface area contributed by atoms with E-state index >= 15 is 0 Å². The highest BCUT2D eigenvalue weighted by Crippen LogP contribution is 2.21. The Kier molecular flexibility index (Phi) is 5.78. The van der Waals surface area contributed by atoms with Gasteiger partial charge in [-0.15, -0.1) is 17.0 Å². The van der Waals surface area contributed by atoms with Gasteiger partial charge in [0.25, 0.3) is 0 Å². The highest BCUT2D eigenvalue weighted by Gasteiger charge is 2.33. The van der Waals surface area contributed by atoms with Gasteiger partial charge in [0.05, 0.1) is 0 Å². The van der Waals surface area contributed by atoms with E-state index in [0.717, 1.165) is 5.56 Å². The van der Waals surface area contributed by atoms with Crippen LogP contribution in [0.1, 0.15) is 19.4 Å². The van der Waals surface area contributed by atoms with Gasteiger partial charge in [-0.3, -0.25) is 4.84 Å². The van der Waals surface area contributed by atoms with E-state index in [-0.39, 0.29) is 28.9 Å². The lowest BCUT2D eigenvalue weighted by atomic mass is 10.2. The molecule has 0 unspecified atom stereocenters. The molecule has 0 aromatic heterocycles. The molecule has 0 fully saturated rings. The average Bonchev–Trinajstić information content (AvgIpc) is 2.29. The van der Waals surface area contributed by atoms with E-state index < -0.39 is 5.66 Å². The number of hydrogen-bond acceptors (Lipinski definition) is 6. The monoisotopic (exact) mass is 453 g/mol. The Morgan fingerprint density at radius 2 is 1.85 bits per heavy atom. The molecule has 1 aliphatic rings. The van der Waals surface area contributed by atoms with Crippen LogP contribution in [0.4, 0.5) is 0 Å². The van der Waals surface area contributed by atoms with Crippen LogP contribution >= 0.6 is 39.6 Å². The van der Waals surface area contributed by atoms with Crippen LogP contribution in [0.5, 0.6) is 0 Å². The Bertz CT molecular complexity index is 529. The molecule has 0 radical (unpaired) electrons. The minimum atomic E-state index is -0.668. The van der Waals surface area contributed by atoms with Gasteiger partial charge in [0.2, 0.25) is 11.9 Å². The van der Waals surface area contributed by atoms with Crippen LogP contribution < -0.4 is 11.5 Å². The number of nitrogens with zero attached hydrogens (tertiary/aromatic N) is 3. The zero-order valence-electron chi connectivity index (χ0n) is 11.2. The van der Waals surface area contributed by atoms with Gasteiger partial charge in [-0.2, -0.15) is 10.1 Å². The molecule has 20 heavy (non-hydrogen) atoms. The Balaban J connectivity index is 0.00000200. The Hall–Kier alpha value is -0.870. The molecule has 0 spiro atoms. The van der Waals surface area contributed by atoms with Crippen molar-refractivity contribution >= 4 is 51.5 Å². The molecule has 1 aromatic rings. The SMILES string of the molecule is Br.CC1(C)N=C(N)N=C(N)N1OCc1ccc(I)cc1. The van der Waals surface area contributed by atoms with Crippen molar-refractivity contribution in [3.8, 4) is 0 Å². The van der Waals surface area contributed by atoms with Crippen molar-refractivity contribution in [3.63, 3.8) is 0 Å². The molecule has 1 heterocycles. The molecule has 2 rings (SSSR count). The van der Waals surface area contributed by atoms with Crippen molar-refractivity contribution in [2.24, 2.45) is 21.5 Å². The van der Waals surface area contributed by atoms with Gasteiger partial charge in [-0.1, -0.05) is 12.1 Å². The Morgan fingerprint density at radius 1 is 1.25 bits per heavy atom. The van der Waals surface area contributed by atoms with Crippen LogP contribution in [-0.4, -0.2) is 22.6 Å². The minimum Gasteiger partial charge on any atom is -0.368 e. The second-order valence-electron chi connectivity index (χ2n) is 4.63. The number of hydroxylamine groups is 2. The van der Waals surface area contributed by atoms with Gasteiger partial charge in [0.1, 0.15) is 6.61 Å². The molecule has 0 aliphatic carbocycles. The highest BCUT2D eigenvalue weighted by molar-refractivity contribution is 14.1. The average molecular weight is 454 g/mol. The number of hydrogen-bond donors (Lipinski definition) is 2. The minimum absolute atomic E-state index is 0. The lowest BCUT2D eigenvalue weighted by Gasteiger charge is -2.36. The third kappa shape index (κ3) is 4.06.